The number of ether oxygens (including phenoxy) is 1. The molecule has 1 aromatic carbocycles. The Hall–Kier alpha value is -1.06. The predicted octanol–water partition coefficient (Wildman–Crippen LogP) is 1.78. The van der Waals surface area contributed by atoms with Gasteiger partial charge in [0.25, 0.3) is 0 Å². The molecule has 16 heavy (non-hydrogen) atoms. The number of hydrogen-bond donors (Lipinski definition) is 2. The Morgan fingerprint density at radius 3 is 2.31 bits per heavy atom. The molecule has 90 valence electrons. The summed E-state index contributed by atoms with van der Waals surface area (Å²) in [7, 11) is 3.65. The summed E-state index contributed by atoms with van der Waals surface area (Å²) in [4.78, 5) is 0. The van der Waals surface area contributed by atoms with Gasteiger partial charge in [0.15, 0.2) is 0 Å². The SMILES string of the molecule is CNCC(C)(C)NCc1ccc(OC)cc1. The third kappa shape index (κ3) is 4.21. The van der Waals surface area contributed by atoms with Crippen molar-refractivity contribution in [2.45, 2.75) is 25.9 Å². The summed E-state index contributed by atoms with van der Waals surface area (Å²) in [5, 5.41) is 6.69. The molecule has 0 amide bonds. The highest BCUT2D eigenvalue weighted by Crippen LogP contribution is 2.12. The minimum atomic E-state index is 0.106. The fraction of sp³-hybridized carbons (Fsp3) is 0.538. The fourth-order valence-corrected chi connectivity index (χ4v) is 1.59. The number of rotatable bonds is 6. The van der Waals surface area contributed by atoms with Crippen molar-refractivity contribution in [2.75, 3.05) is 20.7 Å². The Morgan fingerprint density at radius 1 is 1.19 bits per heavy atom. The third-order valence-electron chi connectivity index (χ3n) is 2.55. The van der Waals surface area contributed by atoms with Gasteiger partial charge in [0.05, 0.1) is 7.11 Å². The summed E-state index contributed by atoms with van der Waals surface area (Å²) in [6.07, 6.45) is 0. The highest BCUT2D eigenvalue weighted by Gasteiger charge is 2.14. The number of hydrogen-bond acceptors (Lipinski definition) is 3. The summed E-state index contributed by atoms with van der Waals surface area (Å²) in [5.74, 6) is 0.901. The second kappa shape index (κ2) is 5.87. The van der Waals surface area contributed by atoms with Gasteiger partial charge in [-0.2, -0.15) is 0 Å². The Morgan fingerprint density at radius 2 is 1.81 bits per heavy atom. The molecule has 0 atom stereocenters. The summed E-state index contributed by atoms with van der Waals surface area (Å²) in [6, 6.07) is 8.15. The largest absolute Gasteiger partial charge is 0.497 e. The maximum absolute atomic E-state index is 5.12. The molecule has 0 aliphatic carbocycles. The topological polar surface area (TPSA) is 33.3 Å². The number of benzene rings is 1. The normalized spacial score (nSPS) is 11.5. The molecular weight excluding hydrogens is 200 g/mol. The quantitative estimate of drug-likeness (QED) is 0.770. The van der Waals surface area contributed by atoms with Crippen molar-refractivity contribution in [3.8, 4) is 5.75 Å². The first kappa shape index (κ1) is 13.0. The molecule has 0 bridgehead atoms. The standard InChI is InChI=1S/C13H22N2O/c1-13(2,10-14-3)15-9-11-5-7-12(16-4)8-6-11/h5-8,14-15H,9-10H2,1-4H3. The second-order valence-corrected chi connectivity index (χ2v) is 4.62. The fourth-order valence-electron chi connectivity index (χ4n) is 1.59. The highest BCUT2D eigenvalue weighted by molar-refractivity contribution is 5.27. The molecule has 0 unspecified atom stereocenters. The van der Waals surface area contributed by atoms with Crippen molar-refractivity contribution >= 4 is 0 Å². The molecule has 3 nitrogen and oxygen atoms in total. The van der Waals surface area contributed by atoms with Crippen molar-refractivity contribution in [1.29, 1.82) is 0 Å². The zero-order valence-electron chi connectivity index (χ0n) is 10.6. The van der Waals surface area contributed by atoms with Gasteiger partial charge in [-0.15, -0.1) is 0 Å². The van der Waals surface area contributed by atoms with E-state index in [1.807, 2.05) is 19.2 Å². The van der Waals surface area contributed by atoms with Crippen molar-refractivity contribution in [3.63, 3.8) is 0 Å². The molecule has 0 saturated heterocycles. The first-order valence-electron chi connectivity index (χ1n) is 5.60. The van der Waals surface area contributed by atoms with Crippen LogP contribution in [0.25, 0.3) is 0 Å². The lowest BCUT2D eigenvalue weighted by Gasteiger charge is -2.26. The van der Waals surface area contributed by atoms with Crippen molar-refractivity contribution < 1.29 is 4.74 Å². The highest BCUT2D eigenvalue weighted by atomic mass is 16.5. The van der Waals surface area contributed by atoms with E-state index in [-0.39, 0.29) is 5.54 Å². The molecule has 1 aromatic rings. The van der Waals surface area contributed by atoms with Gasteiger partial charge in [-0.05, 0) is 38.6 Å². The lowest BCUT2D eigenvalue weighted by atomic mass is 10.1. The molecule has 2 N–H and O–H groups in total. The smallest absolute Gasteiger partial charge is 0.118 e. The van der Waals surface area contributed by atoms with Crippen molar-refractivity contribution in [1.82, 2.24) is 10.6 Å². The van der Waals surface area contributed by atoms with Crippen LogP contribution in [0.1, 0.15) is 19.4 Å². The van der Waals surface area contributed by atoms with Gasteiger partial charge in [-0.1, -0.05) is 12.1 Å². The van der Waals surface area contributed by atoms with Crippen molar-refractivity contribution in [2.24, 2.45) is 0 Å². The van der Waals surface area contributed by atoms with E-state index in [1.165, 1.54) is 5.56 Å². The minimum absolute atomic E-state index is 0.106. The van der Waals surface area contributed by atoms with Gasteiger partial charge in [0, 0.05) is 18.6 Å². The Kier molecular flexibility index (Phi) is 4.77. The van der Waals surface area contributed by atoms with Crippen molar-refractivity contribution in [3.05, 3.63) is 29.8 Å². The summed E-state index contributed by atoms with van der Waals surface area (Å²) in [6.45, 7) is 6.20. The van der Waals surface area contributed by atoms with E-state index in [0.29, 0.717) is 0 Å². The van der Waals surface area contributed by atoms with E-state index >= 15 is 0 Å². The lowest BCUT2D eigenvalue weighted by Crippen LogP contribution is -2.46. The summed E-state index contributed by atoms with van der Waals surface area (Å²) < 4.78 is 5.12. The van der Waals surface area contributed by atoms with Gasteiger partial charge in [0.1, 0.15) is 5.75 Å². The average molecular weight is 222 g/mol. The van der Waals surface area contributed by atoms with E-state index in [4.69, 9.17) is 4.74 Å². The van der Waals surface area contributed by atoms with Crippen LogP contribution in [0.4, 0.5) is 0 Å². The van der Waals surface area contributed by atoms with E-state index < -0.39 is 0 Å². The van der Waals surface area contributed by atoms with Gasteiger partial charge in [-0.25, -0.2) is 0 Å². The zero-order chi connectivity index (χ0) is 12.0. The van der Waals surface area contributed by atoms with Gasteiger partial charge in [0.2, 0.25) is 0 Å². The Balaban J connectivity index is 2.48. The van der Waals surface area contributed by atoms with Gasteiger partial charge in [-0.3, -0.25) is 0 Å². The maximum Gasteiger partial charge on any atom is 0.118 e. The molecule has 0 aliphatic heterocycles. The lowest BCUT2D eigenvalue weighted by molar-refractivity contribution is 0.373. The molecule has 0 radical (unpaired) electrons. The van der Waals surface area contributed by atoms with Crippen LogP contribution >= 0.6 is 0 Å². The molecule has 1 rings (SSSR count). The van der Waals surface area contributed by atoms with E-state index in [0.717, 1.165) is 18.8 Å². The van der Waals surface area contributed by atoms with Crippen LogP contribution in [-0.2, 0) is 6.54 Å². The zero-order valence-corrected chi connectivity index (χ0v) is 10.6. The Bertz CT molecular complexity index is 306. The van der Waals surface area contributed by atoms with Crippen LogP contribution in [0.15, 0.2) is 24.3 Å². The van der Waals surface area contributed by atoms with E-state index in [2.05, 4.69) is 36.6 Å². The average Bonchev–Trinajstić information content (AvgIpc) is 2.27. The number of nitrogens with one attached hydrogen (secondary N) is 2. The molecule has 0 fully saturated rings. The van der Waals surface area contributed by atoms with Gasteiger partial charge < -0.3 is 15.4 Å². The Labute approximate surface area is 98.2 Å². The first-order chi connectivity index (χ1) is 7.57. The first-order valence-corrected chi connectivity index (χ1v) is 5.60. The molecule has 0 saturated carbocycles. The number of methoxy groups -OCH3 is 1. The van der Waals surface area contributed by atoms with Crippen LogP contribution in [0.2, 0.25) is 0 Å². The number of likely N-dealkylation sites (N-methyl/N-ethyl adjacent to an activating group) is 1. The molecule has 0 aromatic heterocycles. The van der Waals surface area contributed by atoms with E-state index in [9.17, 15) is 0 Å². The summed E-state index contributed by atoms with van der Waals surface area (Å²) in [5.41, 5.74) is 1.37. The molecule has 0 spiro atoms. The minimum Gasteiger partial charge on any atom is -0.497 e. The molecule has 0 aliphatic rings. The predicted molar refractivity (Wildman–Crippen MR) is 67.8 cm³/mol. The van der Waals surface area contributed by atoms with Crippen LogP contribution < -0.4 is 15.4 Å². The molecule has 3 heteroatoms. The van der Waals surface area contributed by atoms with Crippen LogP contribution in [-0.4, -0.2) is 26.2 Å². The van der Waals surface area contributed by atoms with E-state index in [1.54, 1.807) is 7.11 Å². The van der Waals surface area contributed by atoms with Crippen LogP contribution in [0.5, 0.6) is 5.75 Å². The van der Waals surface area contributed by atoms with Crippen LogP contribution in [0, 0.1) is 0 Å². The maximum atomic E-state index is 5.12. The third-order valence-corrected chi connectivity index (χ3v) is 2.55. The summed E-state index contributed by atoms with van der Waals surface area (Å²) >= 11 is 0. The monoisotopic (exact) mass is 222 g/mol. The second-order valence-electron chi connectivity index (χ2n) is 4.62. The molecule has 0 heterocycles. The molecular formula is C13H22N2O. The van der Waals surface area contributed by atoms with Crippen LogP contribution in [0.3, 0.4) is 0 Å². The van der Waals surface area contributed by atoms with Gasteiger partial charge >= 0.3 is 0 Å².